The first-order chi connectivity index (χ1) is 8.24. The van der Waals surface area contributed by atoms with Crippen molar-refractivity contribution in [3.8, 4) is 0 Å². The number of nitrogens with zero attached hydrogens (tertiary/aromatic N) is 1. The van der Waals surface area contributed by atoms with E-state index in [9.17, 15) is 4.79 Å². The van der Waals surface area contributed by atoms with Crippen LogP contribution in [0.4, 0.5) is 4.79 Å². The summed E-state index contributed by atoms with van der Waals surface area (Å²) in [6.45, 7) is 4.32. The average Bonchev–Trinajstić information content (AvgIpc) is 2.85. The smallest absolute Gasteiger partial charge is 0.410 e. The Labute approximate surface area is 101 Å². The molecule has 4 heteroatoms. The molecule has 1 amide bonds. The summed E-state index contributed by atoms with van der Waals surface area (Å²) in [5, 5.41) is 3.25. The summed E-state index contributed by atoms with van der Waals surface area (Å²) in [7, 11) is 0. The number of hydrogen-bond donors (Lipinski definition) is 1. The molecule has 2 aliphatic rings. The van der Waals surface area contributed by atoms with Gasteiger partial charge in [-0.1, -0.05) is 29.8 Å². The van der Waals surface area contributed by atoms with Gasteiger partial charge in [0.05, 0.1) is 6.04 Å². The van der Waals surface area contributed by atoms with Gasteiger partial charge in [0.2, 0.25) is 0 Å². The van der Waals surface area contributed by atoms with Gasteiger partial charge in [-0.3, -0.25) is 4.90 Å². The second-order valence-electron chi connectivity index (χ2n) is 4.76. The summed E-state index contributed by atoms with van der Waals surface area (Å²) in [6.07, 6.45) is -0.143. The maximum Gasteiger partial charge on any atom is 0.410 e. The van der Waals surface area contributed by atoms with E-state index in [4.69, 9.17) is 4.74 Å². The van der Waals surface area contributed by atoms with E-state index in [0.717, 1.165) is 18.7 Å². The van der Waals surface area contributed by atoms with Crippen LogP contribution in [0.25, 0.3) is 0 Å². The molecule has 0 spiro atoms. The van der Waals surface area contributed by atoms with Crippen molar-refractivity contribution in [2.24, 2.45) is 0 Å². The third-order valence-electron chi connectivity index (χ3n) is 3.49. The van der Waals surface area contributed by atoms with Crippen molar-refractivity contribution in [1.29, 1.82) is 0 Å². The lowest BCUT2D eigenvalue weighted by Crippen LogP contribution is -2.36. The fourth-order valence-corrected chi connectivity index (χ4v) is 2.48. The number of amides is 1. The fourth-order valence-electron chi connectivity index (χ4n) is 2.48. The highest BCUT2D eigenvalue weighted by molar-refractivity contribution is 5.71. The zero-order valence-corrected chi connectivity index (χ0v) is 9.85. The number of aryl methyl sites for hydroxylation is 1. The molecule has 0 aliphatic carbocycles. The normalized spacial score (nSPS) is 27.1. The minimum atomic E-state index is -0.179. The summed E-state index contributed by atoms with van der Waals surface area (Å²) < 4.78 is 5.32. The van der Waals surface area contributed by atoms with Gasteiger partial charge in [0.25, 0.3) is 0 Å². The minimum Gasteiger partial charge on any atom is -0.442 e. The van der Waals surface area contributed by atoms with Crippen LogP contribution in [-0.2, 0) is 11.3 Å². The van der Waals surface area contributed by atoms with Crippen molar-refractivity contribution in [3.63, 3.8) is 0 Å². The Morgan fingerprint density at radius 2 is 2.12 bits per heavy atom. The van der Waals surface area contributed by atoms with Crippen LogP contribution >= 0.6 is 0 Å². The molecule has 2 heterocycles. The molecular weight excluding hydrogens is 216 g/mol. The molecule has 2 unspecified atom stereocenters. The van der Waals surface area contributed by atoms with Crippen LogP contribution in [0.1, 0.15) is 11.1 Å². The van der Waals surface area contributed by atoms with Crippen LogP contribution in [-0.4, -0.2) is 36.2 Å². The molecule has 2 saturated heterocycles. The second kappa shape index (κ2) is 4.04. The van der Waals surface area contributed by atoms with Crippen molar-refractivity contribution in [3.05, 3.63) is 35.4 Å². The van der Waals surface area contributed by atoms with Crippen molar-refractivity contribution < 1.29 is 9.53 Å². The number of carbonyl (C=O) groups excluding carboxylic acids is 1. The Kier molecular flexibility index (Phi) is 2.52. The van der Waals surface area contributed by atoms with Gasteiger partial charge in [-0.15, -0.1) is 0 Å². The van der Waals surface area contributed by atoms with Crippen molar-refractivity contribution in [2.45, 2.75) is 25.6 Å². The highest BCUT2D eigenvalue weighted by atomic mass is 16.6. The van der Waals surface area contributed by atoms with E-state index in [-0.39, 0.29) is 18.2 Å². The second-order valence-corrected chi connectivity index (χ2v) is 4.76. The van der Waals surface area contributed by atoms with E-state index in [0.29, 0.717) is 6.54 Å². The molecular formula is C13H16N2O2. The Balaban J connectivity index is 1.76. The Hall–Kier alpha value is -1.55. The molecule has 17 heavy (non-hydrogen) atoms. The van der Waals surface area contributed by atoms with Crippen molar-refractivity contribution in [2.75, 3.05) is 13.1 Å². The van der Waals surface area contributed by atoms with Crippen LogP contribution in [0.5, 0.6) is 0 Å². The lowest BCUT2D eigenvalue weighted by atomic mass is 10.1. The van der Waals surface area contributed by atoms with Crippen molar-refractivity contribution >= 4 is 6.09 Å². The van der Waals surface area contributed by atoms with E-state index in [1.54, 1.807) is 0 Å². The van der Waals surface area contributed by atoms with Gasteiger partial charge in [-0.2, -0.15) is 0 Å². The van der Waals surface area contributed by atoms with Crippen LogP contribution in [0.3, 0.4) is 0 Å². The van der Waals surface area contributed by atoms with Gasteiger partial charge in [-0.25, -0.2) is 4.79 Å². The van der Waals surface area contributed by atoms with Gasteiger partial charge in [-0.05, 0) is 12.5 Å². The molecule has 2 aliphatic heterocycles. The van der Waals surface area contributed by atoms with Gasteiger partial charge < -0.3 is 10.1 Å². The summed E-state index contributed by atoms with van der Waals surface area (Å²) in [6, 6.07) is 8.47. The van der Waals surface area contributed by atoms with Crippen LogP contribution < -0.4 is 5.32 Å². The number of hydrogen-bond acceptors (Lipinski definition) is 3. The molecule has 1 N–H and O–H groups in total. The third kappa shape index (κ3) is 1.89. The Bertz CT molecular complexity index is 430. The summed E-state index contributed by atoms with van der Waals surface area (Å²) in [4.78, 5) is 13.6. The third-order valence-corrected chi connectivity index (χ3v) is 3.49. The number of benzene rings is 1. The van der Waals surface area contributed by atoms with Crippen LogP contribution in [0.2, 0.25) is 0 Å². The number of fused-ring (bicyclic) bond motifs is 1. The lowest BCUT2D eigenvalue weighted by molar-refractivity contribution is 0.133. The molecule has 90 valence electrons. The van der Waals surface area contributed by atoms with Gasteiger partial charge >= 0.3 is 6.09 Å². The number of rotatable bonds is 2. The molecule has 2 fully saturated rings. The first-order valence-corrected chi connectivity index (χ1v) is 5.97. The van der Waals surface area contributed by atoms with Gasteiger partial charge in [0.15, 0.2) is 0 Å². The summed E-state index contributed by atoms with van der Waals surface area (Å²) >= 11 is 0. The molecule has 0 radical (unpaired) electrons. The number of ether oxygens (including phenoxy) is 1. The highest BCUT2D eigenvalue weighted by Crippen LogP contribution is 2.24. The maximum absolute atomic E-state index is 11.7. The monoisotopic (exact) mass is 232 g/mol. The zero-order valence-electron chi connectivity index (χ0n) is 9.85. The largest absolute Gasteiger partial charge is 0.442 e. The Morgan fingerprint density at radius 3 is 2.88 bits per heavy atom. The van der Waals surface area contributed by atoms with Gasteiger partial charge in [0, 0.05) is 19.6 Å². The fraction of sp³-hybridized carbons (Fsp3) is 0.462. The first-order valence-electron chi connectivity index (χ1n) is 5.97. The molecule has 0 aromatic heterocycles. The average molecular weight is 232 g/mol. The number of carbonyl (C=O) groups is 1. The Morgan fingerprint density at radius 1 is 1.35 bits per heavy atom. The predicted octanol–water partition coefficient (Wildman–Crippen LogP) is 1.29. The quantitative estimate of drug-likeness (QED) is 0.835. The van der Waals surface area contributed by atoms with Crippen LogP contribution in [0.15, 0.2) is 24.3 Å². The highest BCUT2D eigenvalue weighted by Gasteiger charge is 2.44. The van der Waals surface area contributed by atoms with Crippen molar-refractivity contribution in [1.82, 2.24) is 10.2 Å². The van der Waals surface area contributed by atoms with Gasteiger partial charge in [0.1, 0.15) is 6.10 Å². The zero-order chi connectivity index (χ0) is 11.8. The molecule has 4 nitrogen and oxygen atoms in total. The molecule has 1 aromatic rings. The number of nitrogens with one attached hydrogen (secondary N) is 1. The standard InChI is InChI=1S/C13H16N2O2/c1-9-2-4-10(5-3-9)8-15-11-6-14-7-12(11)17-13(15)16/h2-5,11-12,14H,6-8H2,1H3. The van der Waals surface area contributed by atoms with Crippen LogP contribution in [0, 0.1) is 6.92 Å². The SMILES string of the molecule is Cc1ccc(CN2C(=O)OC3CNCC32)cc1. The topological polar surface area (TPSA) is 41.6 Å². The molecule has 1 aromatic carbocycles. The molecule has 0 bridgehead atoms. The van der Waals surface area contributed by atoms with E-state index in [1.807, 2.05) is 4.90 Å². The summed E-state index contributed by atoms with van der Waals surface area (Å²) in [5.41, 5.74) is 2.39. The molecule has 2 atom stereocenters. The molecule has 0 saturated carbocycles. The summed E-state index contributed by atoms with van der Waals surface area (Å²) in [5.74, 6) is 0. The first kappa shape index (κ1) is 10.6. The molecule has 3 rings (SSSR count). The van der Waals surface area contributed by atoms with E-state index < -0.39 is 0 Å². The van der Waals surface area contributed by atoms with E-state index in [1.165, 1.54) is 5.56 Å². The van der Waals surface area contributed by atoms with E-state index in [2.05, 4.69) is 36.5 Å². The predicted molar refractivity (Wildman–Crippen MR) is 63.6 cm³/mol. The van der Waals surface area contributed by atoms with E-state index >= 15 is 0 Å². The lowest BCUT2D eigenvalue weighted by Gasteiger charge is -2.19. The minimum absolute atomic E-state index is 0.0351. The maximum atomic E-state index is 11.7.